The first-order chi connectivity index (χ1) is 9.10. The maximum absolute atomic E-state index is 7.62. The van der Waals surface area contributed by atoms with Gasteiger partial charge in [-0.15, -0.1) is 0 Å². The highest BCUT2D eigenvalue weighted by Gasteiger charge is 2.08. The minimum Gasteiger partial charge on any atom is -0.497 e. The Kier molecular flexibility index (Phi) is 4.50. The molecule has 2 rings (SSSR count). The van der Waals surface area contributed by atoms with E-state index in [2.05, 4.69) is 15.9 Å². The predicted octanol–water partition coefficient (Wildman–Crippen LogP) is 3.89. The third-order valence-electron chi connectivity index (χ3n) is 2.50. The summed E-state index contributed by atoms with van der Waals surface area (Å²) in [5, 5.41) is 7.62. The summed E-state index contributed by atoms with van der Waals surface area (Å²) >= 11 is 4.99. The summed E-state index contributed by atoms with van der Waals surface area (Å²) in [5.74, 6) is 0.877. The first-order valence-corrected chi connectivity index (χ1v) is 7.17. The lowest BCUT2D eigenvalue weighted by Crippen LogP contribution is -2.12. The molecule has 0 aliphatic carbocycles. The molecule has 0 aliphatic rings. The number of benzene rings is 2. The summed E-state index contributed by atoms with van der Waals surface area (Å²) in [5.41, 5.74) is 6.34. The van der Waals surface area contributed by atoms with Crippen molar-refractivity contribution in [2.45, 2.75) is 9.79 Å². The van der Waals surface area contributed by atoms with E-state index in [-0.39, 0.29) is 5.84 Å². The quantitative estimate of drug-likeness (QED) is 0.657. The smallest absolute Gasteiger partial charge is 0.123 e. The van der Waals surface area contributed by atoms with Gasteiger partial charge in [0, 0.05) is 19.8 Å². The van der Waals surface area contributed by atoms with E-state index >= 15 is 0 Å². The van der Waals surface area contributed by atoms with Crippen molar-refractivity contribution in [1.29, 1.82) is 5.41 Å². The highest BCUT2D eigenvalue weighted by molar-refractivity contribution is 9.10. The number of ether oxygens (including phenoxy) is 1. The zero-order valence-corrected chi connectivity index (χ0v) is 12.7. The summed E-state index contributed by atoms with van der Waals surface area (Å²) in [6.45, 7) is 0. The van der Waals surface area contributed by atoms with E-state index in [1.54, 1.807) is 18.9 Å². The van der Waals surface area contributed by atoms with Crippen molar-refractivity contribution < 1.29 is 4.74 Å². The van der Waals surface area contributed by atoms with Crippen molar-refractivity contribution in [3.8, 4) is 5.75 Å². The number of methoxy groups -OCH3 is 1. The van der Waals surface area contributed by atoms with Gasteiger partial charge in [-0.3, -0.25) is 5.41 Å². The zero-order valence-electron chi connectivity index (χ0n) is 10.3. The zero-order chi connectivity index (χ0) is 13.8. The lowest BCUT2D eigenvalue weighted by Gasteiger charge is -2.09. The first-order valence-electron chi connectivity index (χ1n) is 5.56. The third-order valence-corrected chi connectivity index (χ3v) is 4.04. The molecule has 0 spiro atoms. The highest BCUT2D eigenvalue weighted by Crippen LogP contribution is 2.33. The molecule has 5 heteroatoms. The molecule has 3 nitrogen and oxygen atoms in total. The van der Waals surface area contributed by atoms with Gasteiger partial charge in [-0.05, 0) is 36.4 Å². The van der Waals surface area contributed by atoms with E-state index in [9.17, 15) is 0 Å². The second kappa shape index (κ2) is 6.12. The van der Waals surface area contributed by atoms with Crippen LogP contribution in [-0.2, 0) is 0 Å². The molecule has 0 aliphatic heterocycles. The molecule has 0 saturated heterocycles. The Morgan fingerprint density at radius 2 is 2.05 bits per heavy atom. The fraction of sp³-hybridized carbons (Fsp3) is 0.0714. The maximum Gasteiger partial charge on any atom is 0.123 e. The minimum atomic E-state index is 0.0675. The van der Waals surface area contributed by atoms with Gasteiger partial charge in [0.1, 0.15) is 11.6 Å². The minimum absolute atomic E-state index is 0.0675. The molecule has 3 N–H and O–H groups in total. The standard InChI is InChI=1S/C14H13BrN2OS/c1-18-10-3-2-4-11(8-10)19-13-7-9(15)5-6-12(13)14(16)17/h2-8H,1H3,(H3,16,17). The Morgan fingerprint density at radius 1 is 1.26 bits per heavy atom. The average molecular weight is 337 g/mol. The third kappa shape index (κ3) is 3.52. The number of amidine groups is 1. The first kappa shape index (κ1) is 14.0. The fourth-order valence-electron chi connectivity index (χ4n) is 1.59. The molecule has 0 fully saturated rings. The van der Waals surface area contributed by atoms with E-state index in [1.807, 2.05) is 42.5 Å². The largest absolute Gasteiger partial charge is 0.497 e. The van der Waals surface area contributed by atoms with Gasteiger partial charge >= 0.3 is 0 Å². The van der Waals surface area contributed by atoms with Crippen LogP contribution in [0.15, 0.2) is 56.7 Å². The second-order valence-electron chi connectivity index (χ2n) is 3.84. The van der Waals surface area contributed by atoms with Gasteiger partial charge in [0.2, 0.25) is 0 Å². The monoisotopic (exact) mass is 336 g/mol. The topological polar surface area (TPSA) is 59.1 Å². The lowest BCUT2D eigenvalue weighted by molar-refractivity contribution is 0.413. The van der Waals surface area contributed by atoms with Crippen LogP contribution < -0.4 is 10.5 Å². The number of hydrogen-bond acceptors (Lipinski definition) is 3. The van der Waals surface area contributed by atoms with E-state index < -0.39 is 0 Å². The van der Waals surface area contributed by atoms with Gasteiger partial charge in [0.15, 0.2) is 0 Å². The number of hydrogen-bond donors (Lipinski definition) is 2. The number of rotatable bonds is 4. The van der Waals surface area contributed by atoms with Crippen LogP contribution in [0.1, 0.15) is 5.56 Å². The molecule has 98 valence electrons. The Balaban J connectivity index is 2.36. The lowest BCUT2D eigenvalue weighted by atomic mass is 10.2. The number of nitrogen functional groups attached to an aromatic ring is 1. The SMILES string of the molecule is COc1cccc(Sc2cc(Br)ccc2C(=N)N)c1. The molecule has 0 aromatic heterocycles. The maximum atomic E-state index is 7.62. The van der Waals surface area contributed by atoms with E-state index in [1.165, 1.54) is 0 Å². The number of halogens is 1. The summed E-state index contributed by atoms with van der Waals surface area (Å²) in [4.78, 5) is 1.98. The molecular weight excluding hydrogens is 324 g/mol. The van der Waals surface area contributed by atoms with Crippen LogP contribution in [0, 0.1) is 5.41 Å². The summed E-state index contributed by atoms with van der Waals surface area (Å²) in [6.07, 6.45) is 0. The van der Waals surface area contributed by atoms with Crippen molar-refractivity contribution in [3.63, 3.8) is 0 Å². The van der Waals surface area contributed by atoms with Crippen LogP contribution >= 0.6 is 27.7 Å². The number of nitrogens with two attached hydrogens (primary N) is 1. The van der Waals surface area contributed by atoms with Gasteiger partial charge in [0.05, 0.1) is 7.11 Å². The van der Waals surface area contributed by atoms with Gasteiger partial charge < -0.3 is 10.5 Å². The predicted molar refractivity (Wildman–Crippen MR) is 82.3 cm³/mol. The molecule has 0 heterocycles. The van der Waals surface area contributed by atoms with E-state index in [4.69, 9.17) is 15.9 Å². The molecule has 0 unspecified atom stereocenters. The Hall–Kier alpha value is -1.46. The van der Waals surface area contributed by atoms with Crippen LogP contribution in [0.2, 0.25) is 0 Å². The van der Waals surface area contributed by atoms with E-state index in [0.29, 0.717) is 0 Å². The van der Waals surface area contributed by atoms with Crippen molar-refractivity contribution in [2.24, 2.45) is 5.73 Å². The normalized spacial score (nSPS) is 10.2. The van der Waals surface area contributed by atoms with E-state index in [0.717, 1.165) is 25.6 Å². The van der Waals surface area contributed by atoms with Gasteiger partial charge in [-0.2, -0.15) is 0 Å². The van der Waals surface area contributed by atoms with Crippen LogP contribution in [0.4, 0.5) is 0 Å². The van der Waals surface area contributed by atoms with Gasteiger partial charge in [-0.25, -0.2) is 0 Å². The van der Waals surface area contributed by atoms with Gasteiger partial charge in [0.25, 0.3) is 0 Å². The molecule has 0 amide bonds. The molecule has 0 bridgehead atoms. The molecule has 0 atom stereocenters. The highest BCUT2D eigenvalue weighted by atomic mass is 79.9. The van der Waals surface area contributed by atoms with Crippen molar-refractivity contribution >= 4 is 33.5 Å². The van der Waals surface area contributed by atoms with Gasteiger partial charge in [-0.1, -0.05) is 33.8 Å². The van der Waals surface area contributed by atoms with Crippen LogP contribution in [0.5, 0.6) is 5.75 Å². The van der Waals surface area contributed by atoms with Crippen molar-refractivity contribution in [2.75, 3.05) is 7.11 Å². The Labute approximate surface area is 124 Å². The van der Waals surface area contributed by atoms with Crippen LogP contribution in [-0.4, -0.2) is 12.9 Å². The molecule has 2 aromatic rings. The van der Waals surface area contributed by atoms with Crippen LogP contribution in [0.3, 0.4) is 0 Å². The molecule has 19 heavy (non-hydrogen) atoms. The Bertz CT molecular complexity index is 616. The van der Waals surface area contributed by atoms with Crippen LogP contribution in [0.25, 0.3) is 0 Å². The number of nitrogens with one attached hydrogen (secondary N) is 1. The molecular formula is C14H13BrN2OS. The summed E-state index contributed by atoms with van der Waals surface area (Å²) < 4.78 is 6.17. The summed E-state index contributed by atoms with van der Waals surface area (Å²) in [6, 6.07) is 13.5. The fourth-order valence-corrected chi connectivity index (χ4v) is 3.16. The molecule has 2 aromatic carbocycles. The molecule has 0 radical (unpaired) electrons. The van der Waals surface area contributed by atoms with Crippen molar-refractivity contribution in [3.05, 3.63) is 52.5 Å². The summed E-state index contributed by atoms with van der Waals surface area (Å²) in [7, 11) is 1.64. The second-order valence-corrected chi connectivity index (χ2v) is 5.87. The average Bonchev–Trinajstić information content (AvgIpc) is 2.38. The molecule has 0 saturated carbocycles. The van der Waals surface area contributed by atoms with Crippen molar-refractivity contribution in [1.82, 2.24) is 0 Å². The Morgan fingerprint density at radius 3 is 2.74 bits per heavy atom.